The van der Waals surface area contributed by atoms with E-state index in [0.717, 1.165) is 30.6 Å². The Hall–Kier alpha value is -1.85. The second-order valence-corrected chi connectivity index (χ2v) is 5.02. The topological polar surface area (TPSA) is 24.9 Å². The van der Waals surface area contributed by atoms with Crippen LogP contribution >= 0.6 is 0 Å². The van der Waals surface area contributed by atoms with Crippen LogP contribution < -0.4 is 5.32 Å². The zero-order valence-corrected chi connectivity index (χ0v) is 12.5. The first-order valence-corrected chi connectivity index (χ1v) is 7.25. The van der Waals surface area contributed by atoms with E-state index >= 15 is 0 Å². The molecule has 1 atom stereocenters. The molecule has 0 fully saturated rings. The zero-order valence-electron chi connectivity index (χ0n) is 12.5. The van der Waals surface area contributed by atoms with E-state index in [9.17, 15) is 0 Å². The Morgan fingerprint density at radius 1 is 1.30 bits per heavy atom. The Kier molecular flexibility index (Phi) is 5.15. The van der Waals surface area contributed by atoms with E-state index in [-0.39, 0.29) is 6.04 Å². The Bertz CT molecular complexity index is 635. The second-order valence-electron chi connectivity index (χ2n) is 5.02. The third-order valence-electron chi connectivity index (χ3n) is 3.42. The molecule has 1 unspecified atom stereocenters. The maximum atomic E-state index is 4.81. The molecule has 2 aromatic rings. The third kappa shape index (κ3) is 3.37. The number of hydrogen-bond acceptors (Lipinski definition) is 2. The van der Waals surface area contributed by atoms with Crippen molar-refractivity contribution in [3.63, 3.8) is 0 Å². The van der Waals surface area contributed by atoms with Crippen LogP contribution in [0.2, 0.25) is 0 Å². The molecule has 0 saturated heterocycles. The summed E-state index contributed by atoms with van der Waals surface area (Å²) in [7, 11) is 0. The largest absolute Gasteiger partial charge is 0.308 e. The fourth-order valence-corrected chi connectivity index (χ4v) is 2.36. The van der Waals surface area contributed by atoms with Gasteiger partial charge in [0.2, 0.25) is 0 Å². The summed E-state index contributed by atoms with van der Waals surface area (Å²) in [6.45, 7) is 7.20. The summed E-state index contributed by atoms with van der Waals surface area (Å²) in [5, 5.41) is 4.78. The van der Waals surface area contributed by atoms with Crippen molar-refractivity contribution < 1.29 is 0 Å². The molecule has 0 spiro atoms. The molecule has 0 radical (unpaired) electrons. The van der Waals surface area contributed by atoms with Gasteiger partial charge in [0.05, 0.1) is 17.3 Å². The number of pyridine rings is 1. The average molecular weight is 266 g/mol. The summed E-state index contributed by atoms with van der Waals surface area (Å²) >= 11 is 0. The molecule has 2 rings (SSSR count). The van der Waals surface area contributed by atoms with Gasteiger partial charge in [-0.05, 0) is 44.5 Å². The maximum Gasteiger partial charge on any atom is 0.0708 e. The number of nitrogens with one attached hydrogen (secondary N) is 1. The van der Waals surface area contributed by atoms with Crippen molar-refractivity contribution in [2.45, 2.75) is 39.7 Å². The minimum absolute atomic E-state index is 0.214. The number of nitrogens with zero attached hydrogens (tertiary/aromatic N) is 1. The summed E-state index contributed by atoms with van der Waals surface area (Å²) in [4.78, 5) is 4.81. The highest BCUT2D eigenvalue weighted by molar-refractivity contribution is 5.82. The van der Waals surface area contributed by atoms with Gasteiger partial charge in [-0.15, -0.1) is 11.8 Å². The van der Waals surface area contributed by atoms with Crippen LogP contribution in [0.4, 0.5) is 0 Å². The molecule has 104 valence electrons. The Morgan fingerprint density at radius 3 is 2.85 bits per heavy atom. The summed E-state index contributed by atoms with van der Waals surface area (Å²) in [6, 6.07) is 10.7. The monoisotopic (exact) mass is 266 g/mol. The van der Waals surface area contributed by atoms with E-state index in [4.69, 9.17) is 4.98 Å². The quantitative estimate of drug-likeness (QED) is 0.827. The molecule has 20 heavy (non-hydrogen) atoms. The first-order chi connectivity index (χ1) is 9.76. The highest BCUT2D eigenvalue weighted by atomic mass is 14.9. The van der Waals surface area contributed by atoms with Crippen LogP contribution in [0.5, 0.6) is 0 Å². The number of fused-ring (bicyclic) bond motifs is 1. The Morgan fingerprint density at radius 2 is 2.10 bits per heavy atom. The second kappa shape index (κ2) is 7.07. The molecule has 0 aliphatic rings. The Balaban J connectivity index is 2.38. The normalized spacial score (nSPS) is 11.9. The Labute approximate surface area is 121 Å². The molecule has 2 nitrogen and oxygen atoms in total. The minimum atomic E-state index is 0.214. The molecule has 0 bridgehead atoms. The number of hydrogen-bond donors (Lipinski definition) is 1. The van der Waals surface area contributed by atoms with Crippen molar-refractivity contribution in [3.8, 4) is 11.8 Å². The lowest BCUT2D eigenvalue weighted by Gasteiger charge is -2.17. The van der Waals surface area contributed by atoms with Crippen molar-refractivity contribution >= 4 is 10.9 Å². The molecule has 2 heteroatoms. The highest BCUT2D eigenvalue weighted by Crippen LogP contribution is 2.22. The number of benzene rings is 1. The molecular weight excluding hydrogens is 244 g/mol. The van der Waals surface area contributed by atoms with Gasteiger partial charge in [0, 0.05) is 11.8 Å². The van der Waals surface area contributed by atoms with Crippen LogP contribution in [0.3, 0.4) is 0 Å². The molecule has 0 aliphatic heterocycles. The molecule has 1 N–H and O–H groups in total. The summed E-state index contributed by atoms with van der Waals surface area (Å²) in [5.74, 6) is 6.15. The number of rotatable bonds is 5. The van der Waals surface area contributed by atoms with Gasteiger partial charge in [0.15, 0.2) is 0 Å². The highest BCUT2D eigenvalue weighted by Gasteiger charge is 2.12. The summed E-state index contributed by atoms with van der Waals surface area (Å²) in [6.07, 6.45) is 1.92. The van der Waals surface area contributed by atoms with Crippen molar-refractivity contribution in [3.05, 3.63) is 41.6 Å². The number of aryl methyl sites for hydroxylation is 1. The molecule has 1 aromatic heterocycles. The van der Waals surface area contributed by atoms with E-state index in [1.807, 2.05) is 13.0 Å². The van der Waals surface area contributed by atoms with E-state index in [0.29, 0.717) is 0 Å². The van der Waals surface area contributed by atoms with E-state index in [1.54, 1.807) is 0 Å². The standard InChI is InChI=1S/C18H22N2/c1-4-6-10-17(19-12-5-2)18-13-14(3)15-9-7-8-11-16(15)20-18/h7-9,11,13,17,19H,5,10,12H2,1-3H3. The summed E-state index contributed by atoms with van der Waals surface area (Å²) < 4.78 is 0. The minimum Gasteiger partial charge on any atom is -0.308 e. The molecular formula is C18H22N2. The van der Waals surface area contributed by atoms with Crippen molar-refractivity contribution in [1.29, 1.82) is 0 Å². The summed E-state index contributed by atoms with van der Waals surface area (Å²) in [5.41, 5.74) is 3.44. The predicted molar refractivity (Wildman–Crippen MR) is 85.6 cm³/mol. The van der Waals surface area contributed by atoms with Gasteiger partial charge in [-0.2, -0.15) is 0 Å². The van der Waals surface area contributed by atoms with E-state index in [2.05, 4.69) is 55.3 Å². The molecule has 0 saturated carbocycles. The van der Waals surface area contributed by atoms with Gasteiger partial charge >= 0.3 is 0 Å². The van der Waals surface area contributed by atoms with Crippen LogP contribution in [0.15, 0.2) is 30.3 Å². The van der Waals surface area contributed by atoms with Crippen molar-refractivity contribution in [2.75, 3.05) is 6.54 Å². The zero-order chi connectivity index (χ0) is 14.4. The molecule has 0 amide bonds. The molecule has 1 heterocycles. The predicted octanol–water partition coefficient (Wildman–Crippen LogP) is 4.00. The third-order valence-corrected chi connectivity index (χ3v) is 3.42. The fourth-order valence-electron chi connectivity index (χ4n) is 2.36. The lowest BCUT2D eigenvalue weighted by Crippen LogP contribution is -2.23. The first kappa shape index (κ1) is 14.6. The van der Waals surface area contributed by atoms with E-state index in [1.165, 1.54) is 10.9 Å². The van der Waals surface area contributed by atoms with Crippen LogP contribution in [0.1, 0.15) is 44.0 Å². The number of aromatic nitrogens is 1. The van der Waals surface area contributed by atoms with Crippen molar-refractivity contribution in [1.82, 2.24) is 10.3 Å². The lowest BCUT2D eigenvalue weighted by atomic mass is 10.0. The van der Waals surface area contributed by atoms with Crippen LogP contribution in [0.25, 0.3) is 10.9 Å². The van der Waals surface area contributed by atoms with Gasteiger partial charge in [-0.25, -0.2) is 0 Å². The van der Waals surface area contributed by atoms with Crippen LogP contribution in [-0.4, -0.2) is 11.5 Å². The first-order valence-electron chi connectivity index (χ1n) is 7.25. The molecule has 0 aliphatic carbocycles. The average Bonchev–Trinajstić information content (AvgIpc) is 2.47. The number of para-hydroxylation sites is 1. The van der Waals surface area contributed by atoms with E-state index < -0.39 is 0 Å². The van der Waals surface area contributed by atoms with Gasteiger partial charge in [-0.3, -0.25) is 4.98 Å². The maximum absolute atomic E-state index is 4.81. The SMILES string of the molecule is CC#CCC(NCCC)c1cc(C)c2ccccc2n1. The van der Waals surface area contributed by atoms with Crippen molar-refractivity contribution in [2.24, 2.45) is 0 Å². The smallest absolute Gasteiger partial charge is 0.0708 e. The van der Waals surface area contributed by atoms with Gasteiger partial charge in [-0.1, -0.05) is 25.1 Å². The van der Waals surface area contributed by atoms with Crippen LogP contribution in [0, 0.1) is 18.8 Å². The fraction of sp³-hybridized carbons (Fsp3) is 0.389. The van der Waals surface area contributed by atoms with Crippen LogP contribution in [-0.2, 0) is 0 Å². The molecule has 1 aromatic carbocycles. The lowest BCUT2D eigenvalue weighted by molar-refractivity contribution is 0.532. The van der Waals surface area contributed by atoms with Gasteiger partial charge in [0.25, 0.3) is 0 Å². The van der Waals surface area contributed by atoms with Gasteiger partial charge < -0.3 is 5.32 Å². The van der Waals surface area contributed by atoms with Gasteiger partial charge in [0.1, 0.15) is 0 Å².